The predicted molar refractivity (Wildman–Crippen MR) is 73.6 cm³/mol. The monoisotopic (exact) mass is 251 g/mol. The van der Waals surface area contributed by atoms with Crippen molar-refractivity contribution in [3.63, 3.8) is 0 Å². The van der Waals surface area contributed by atoms with E-state index in [1.807, 2.05) is 12.1 Å². The molecule has 1 fully saturated rings. The van der Waals surface area contributed by atoms with Crippen molar-refractivity contribution in [3.8, 4) is 0 Å². The highest BCUT2D eigenvalue weighted by molar-refractivity contribution is 4.97. The van der Waals surface area contributed by atoms with Crippen LogP contribution in [0.1, 0.15) is 18.6 Å². The first-order chi connectivity index (χ1) is 8.75. The molecule has 2 heterocycles. The summed E-state index contributed by atoms with van der Waals surface area (Å²) in [5, 5.41) is 3.42. The zero-order valence-electron chi connectivity index (χ0n) is 11.6. The Kier molecular flexibility index (Phi) is 5.23. The molecule has 1 aliphatic rings. The molecule has 0 aromatic carbocycles. The van der Waals surface area contributed by atoms with E-state index in [-0.39, 0.29) is 0 Å². The highest BCUT2D eigenvalue weighted by Gasteiger charge is 2.20. The van der Waals surface area contributed by atoms with Crippen LogP contribution in [0.5, 0.6) is 0 Å². The SMILES string of the molecule is CN1CCCC(N(C)CCNCc2ccco2)C1. The molecule has 0 amide bonds. The lowest BCUT2D eigenvalue weighted by Crippen LogP contribution is -2.46. The molecule has 0 aliphatic carbocycles. The second-order valence-corrected chi connectivity index (χ2v) is 5.30. The van der Waals surface area contributed by atoms with Crippen LogP contribution in [0, 0.1) is 0 Å². The summed E-state index contributed by atoms with van der Waals surface area (Å²) in [5.74, 6) is 1.01. The summed E-state index contributed by atoms with van der Waals surface area (Å²) < 4.78 is 5.29. The Bertz CT molecular complexity index is 326. The van der Waals surface area contributed by atoms with E-state index in [0.29, 0.717) is 6.04 Å². The van der Waals surface area contributed by atoms with E-state index in [1.54, 1.807) is 6.26 Å². The zero-order chi connectivity index (χ0) is 12.8. The van der Waals surface area contributed by atoms with Gasteiger partial charge in [0, 0.05) is 25.7 Å². The fraction of sp³-hybridized carbons (Fsp3) is 0.714. The summed E-state index contributed by atoms with van der Waals surface area (Å²) in [6, 6.07) is 4.66. The Morgan fingerprint density at radius 1 is 1.56 bits per heavy atom. The second kappa shape index (κ2) is 6.92. The van der Waals surface area contributed by atoms with Crippen LogP contribution in [-0.2, 0) is 6.54 Å². The lowest BCUT2D eigenvalue weighted by molar-refractivity contribution is 0.135. The molecule has 1 unspecified atom stereocenters. The standard InChI is InChI=1S/C14H25N3O/c1-16-8-3-5-13(12-16)17(2)9-7-15-11-14-6-4-10-18-14/h4,6,10,13,15H,3,5,7-9,11-12H2,1-2H3. The summed E-state index contributed by atoms with van der Waals surface area (Å²) in [6.45, 7) is 5.39. The number of hydrogen-bond acceptors (Lipinski definition) is 4. The van der Waals surface area contributed by atoms with Crippen LogP contribution in [0.25, 0.3) is 0 Å². The van der Waals surface area contributed by atoms with Gasteiger partial charge < -0.3 is 19.5 Å². The third-order valence-electron chi connectivity index (χ3n) is 3.74. The minimum atomic E-state index is 0.717. The van der Waals surface area contributed by atoms with E-state index >= 15 is 0 Å². The fourth-order valence-corrected chi connectivity index (χ4v) is 2.56. The fourth-order valence-electron chi connectivity index (χ4n) is 2.56. The van der Waals surface area contributed by atoms with E-state index in [9.17, 15) is 0 Å². The average molecular weight is 251 g/mol. The first kappa shape index (κ1) is 13.6. The van der Waals surface area contributed by atoms with Gasteiger partial charge in [-0.3, -0.25) is 0 Å². The Labute approximate surface area is 110 Å². The van der Waals surface area contributed by atoms with Gasteiger partial charge in [0.05, 0.1) is 12.8 Å². The van der Waals surface area contributed by atoms with Crippen molar-refractivity contribution in [2.75, 3.05) is 40.3 Å². The molecular weight excluding hydrogens is 226 g/mol. The minimum absolute atomic E-state index is 0.717. The molecule has 0 spiro atoms. The van der Waals surface area contributed by atoms with Crippen LogP contribution >= 0.6 is 0 Å². The normalized spacial score (nSPS) is 21.6. The van der Waals surface area contributed by atoms with Crippen LogP contribution in [0.4, 0.5) is 0 Å². The lowest BCUT2D eigenvalue weighted by atomic mass is 10.1. The molecule has 1 aromatic heterocycles. The van der Waals surface area contributed by atoms with E-state index in [4.69, 9.17) is 4.42 Å². The average Bonchev–Trinajstić information content (AvgIpc) is 2.87. The molecule has 1 aliphatic heterocycles. The first-order valence-corrected chi connectivity index (χ1v) is 6.87. The van der Waals surface area contributed by atoms with Gasteiger partial charge >= 0.3 is 0 Å². The molecule has 18 heavy (non-hydrogen) atoms. The van der Waals surface area contributed by atoms with Crippen molar-refractivity contribution in [1.29, 1.82) is 0 Å². The van der Waals surface area contributed by atoms with Gasteiger partial charge in [-0.2, -0.15) is 0 Å². The van der Waals surface area contributed by atoms with E-state index in [2.05, 4.69) is 29.2 Å². The van der Waals surface area contributed by atoms with Gasteiger partial charge in [0.2, 0.25) is 0 Å². The highest BCUT2D eigenvalue weighted by atomic mass is 16.3. The molecule has 2 rings (SSSR count). The van der Waals surface area contributed by atoms with E-state index < -0.39 is 0 Å². The minimum Gasteiger partial charge on any atom is -0.468 e. The maximum Gasteiger partial charge on any atom is 0.117 e. The van der Waals surface area contributed by atoms with Crippen LogP contribution < -0.4 is 5.32 Å². The molecule has 1 saturated heterocycles. The maximum atomic E-state index is 5.29. The van der Waals surface area contributed by atoms with Crippen molar-refractivity contribution in [1.82, 2.24) is 15.1 Å². The molecule has 1 aromatic rings. The third kappa shape index (κ3) is 4.12. The number of likely N-dealkylation sites (tertiary alicyclic amines) is 1. The maximum absolute atomic E-state index is 5.29. The summed E-state index contributed by atoms with van der Waals surface area (Å²) in [4.78, 5) is 4.91. The molecule has 0 saturated carbocycles. The van der Waals surface area contributed by atoms with Crippen LogP contribution in [0.3, 0.4) is 0 Å². The quantitative estimate of drug-likeness (QED) is 0.774. The van der Waals surface area contributed by atoms with E-state index in [1.165, 1.54) is 25.9 Å². The molecule has 1 atom stereocenters. The third-order valence-corrected chi connectivity index (χ3v) is 3.74. The van der Waals surface area contributed by atoms with Crippen molar-refractivity contribution in [2.24, 2.45) is 0 Å². The summed E-state index contributed by atoms with van der Waals surface area (Å²) >= 11 is 0. The van der Waals surface area contributed by atoms with Crippen molar-refractivity contribution >= 4 is 0 Å². The van der Waals surface area contributed by atoms with Gasteiger partial charge in [-0.1, -0.05) is 0 Å². The second-order valence-electron chi connectivity index (χ2n) is 5.30. The number of piperidine rings is 1. The van der Waals surface area contributed by atoms with Gasteiger partial charge in [0.15, 0.2) is 0 Å². The molecule has 4 nitrogen and oxygen atoms in total. The largest absolute Gasteiger partial charge is 0.468 e. The Morgan fingerprint density at radius 3 is 3.17 bits per heavy atom. The molecule has 0 bridgehead atoms. The molecule has 102 valence electrons. The number of nitrogens with zero attached hydrogens (tertiary/aromatic N) is 2. The number of likely N-dealkylation sites (N-methyl/N-ethyl adjacent to an activating group) is 2. The number of rotatable bonds is 6. The first-order valence-electron chi connectivity index (χ1n) is 6.87. The van der Waals surface area contributed by atoms with Crippen molar-refractivity contribution < 1.29 is 4.42 Å². The Morgan fingerprint density at radius 2 is 2.44 bits per heavy atom. The van der Waals surface area contributed by atoms with Crippen LogP contribution in [0.2, 0.25) is 0 Å². The summed E-state index contributed by atoms with van der Waals surface area (Å²) in [6.07, 6.45) is 4.38. The number of hydrogen-bond donors (Lipinski definition) is 1. The van der Waals surface area contributed by atoms with Crippen LogP contribution in [-0.4, -0.2) is 56.1 Å². The molecule has 1 N–H and O–H groups in total. The number of nitrogens with one attached hydrogen (secondary N) is 1. The molecular formula is C14H25N3O. The van der Waals surface area contributed by atoms with Gasteiger partial charge in [-0.25, -0.2) is 0 Å². The summed E-state index contributed by atoms with van der Waals surface area (Å²) in [7, 11) is 4.45. The zero-order valence-corrected chi connectivity index (χ0v) is 11.6. The smallest absolute Gasteiger partial charge is 0.117 e. The highest BCUT2D eigenvalue weighted by Crippen LogP contribution is 2.12. The van der Waals surface area contributed by atoms with Gasteiger partial charge in [-0.15, -0.1) is 0 Å². The topological polar surface area (TPSA) is 31.6 Å². The molecule has 4 heteroatoms. The molecule has 0 radical (unpaired) electrons. The predicted octanol–water partition coefficient (Wildman–Crippen LogP) is 1.40. The van der Waals surface area contributed by atoms with Gasteiger partial charge in [0.25, 0.3) is 0 Å². The number of furan rings is 1. The van der Waals surface area contributed by atoms with Crippen LogP contribution in [0.15, 0.2) is 22.8 Å². The Hall–Kier alpha value is -0.840. The van der Waals surface area contributed by atoms with Gasteiger partial charge in [-0.05, 0) is 45.6 Å². The van der Waals surface area contributed by atoms with E-state index in [0.717, 1.165) is 25.4 Å². The van der Waals surface area contributed by atoms with Crippen molar-refractivity contribution in [2.45, 2.75) is 25.4 Å². The lowest BCUT2D eigenvalue weighted by Gasteiger charge is -2.35. The van der Waals surface area contributed by atoms with Crippen molar-refractivity contribution in [3.05, 3.63) is 24.2 Å². The van der Waals surface area contributed by atoms with Gasteiger partial charge in [0.1, 0.15) is 5.76 Å². The summed E-state index contributed by atoms with van der Waals surface area (Å²) in [5.41, 5.74) is 0. The Balaban J connectivity index is 1.60.